The van der Waals surface area contributed by atoms with Crippen LogP contribution in [0.2, 0.25) is 0 Å². The van der Waals surface area contributed by atoms with E-state index in [2.05, 4.69) is 30.9 Å². The maximum Gasteiger partial charge on any atom is 0.253 e. The lowest BCUT2D eigenvalue weighted by atomic mass is 10.1. The van der Waals surface area contributed by atoms with Gasteiger partial charge in [-0.25, -0.2) is 13.4 Å². The van der Waals surface area contributed by atoms with Gasteiger partial charge in [0.15, 0.2) is 5.13 Å². The van der Waals surface area contributed by atoms with Crippen molar-refractivity contribution in [3.63, 3.8) is 0 Å². The molecule has 1 aromatic carbocycles. The average Bonchev–Trinajstić information content (AvgIpc) is 3.53. The predicted octanol–water partition coefficient (Wildman–Crippen LogP) is 3.48. The summed E-state index contributed by atoms with van der Waals surface area (Å²) in [5.74, 6) is -0.0712. The number of fused-ring (bicyclic) bond motifs is 1. The first-order valence-corrected chi connectivity index (χ1v) is 13.9. The van der Waals surface area contributed by atoms with E-state index in [9.17, 15) is 13.2 Å². The predicted molar refractivity (Wildman–Crippen MR) is 129 cm³/mol. The maximum absolute atomic E-state index is 13.3. The fraction of sp³-hybridized carbons (Fsp3) is 0.455. The smallest absolute Gasteiger partial charge is 0.253 e. The summed E-state index contributed by atoms with van der Waals surface area (Å²) < 4.78 is 29.0. The molecule has 7 nitrogen and oxygen atoms in total. The zero-order valence-electron chi connectivity index (χ0n) is 18.2. The van der Waals surface area contributed by atoms with E-state index in [1.165, 1.54) is 31.5 Å². The van der Waals surface area contributed by atoms with Crippen molar-refractivity contribution in [3.05, 3.63) is 40.8 Å². The quantitative estimate of drug-likeness (QED) is 0.560. The molecule has 0 radical (unpaired) electrons. The molecule has 0 aliphatic carbocycles. The van der Waals surface area contributed by atoms with Crippen LogP contribution in [0, 0.1) is 13.8 Å². The topological polar surface area (TPSA) is 73.8 Å². The van der Waals surface area contributed by atoms with Gasteiger partial charge in [0, 0.05) is 32.7 Å². The monoisotopic (exact) mass is 490 g/mol. The fourth-order valence-corrected chi connectivity index (χ4v) is 8.47. The molecule has 2 aliphatic heterocycles. The standard InChI is InChI=1S/C22H26N4O3S3/c1-15-13-16(2)20-17(14-15)23-22(31-20)25-10-8-24(9-11-25)21(27)18-5-3-7-26(18)32(28,29)19-6-4-12-30-19/h4,6,12-14,18H,3,5,7-11H2,1-2H3/t18-/m0/s1. The molecule has 0 saturated carbocycles. The minimum absolute atomic E-state index is 0.0712. The van der Waals surface area contributed by atoms with E-state index in [0.717, 1.165) is 10.6 Å². The molecule has 1 amide bonds. The van der Waals surface area contributed by atoms with E-state index >= 15 is 0 Å². The largest absolute Gasteiger partial charge is 0.345 e. The lowest BCUT2D eigenvalue weighted by molar-refractivity contribution is -0.134. The Bertz CT molecular complexity index is 1240. The molecule has 10 heteroatoms. The zero-order valence-corrected chi connectivity index (χ0v) is 20.6. The number of aryl methyl sites for hydroxylation is 2. The molecule has 3 aromatic rings. The van der Waals surface area contributed by atoms with Crippen LogP contribution in [-0.2, 0) is 14.8 Å². The molecule has 2 aliphatic rings. The van der Waals surface area contributed by atoms with Gasteiger partial charge in [-0.05, 0) is 55.3 Å². The lowest BCUT2D eigenvalue weighted by Gasteiger charge is -2.37. The van der Waals surface area contributed by atoms with Crippen LogP contribution < -0.4 is 4.90 Å². The maximum atomic E-state index is 13.3. The van der Waals surface area contributed by atoms with E-state index < -0.39 is 16.1 Å². The number of carbonyl (C=O) groups excluding carboxylic acids is 1. The number of aromatic nitrogens is 1. The third-order valence-electron chi connectivity index (χ3n) is 6.22. The van der Waals surface area contributed by atoms with Gasteiger partial charge in [-0.1, -0.05) is 23.5 Å². The first kappa shape index (κ1) is 21.8. The van der Waals surface area contributed by atoms with Crippen LogP contribution in [0.3, 0.4) is 0 Å². The number of thiophene rings is 1. The van der Waals surface area contributed by atoms with Gasteiger partial charge in [-0.15, -0.1) is 11.3 Å². The van der Waals surface area contributed by atoms with Crippen molar-refractivity contribution in [1.29, 1.82) is 0 Å². The van der Waals surface area contributed by atoms with Gasteiger partial charge < -0.3 is 9.80 Å². The Morgan fingerprint density at radius 3 is 2.62 bits per heavy atom. The van der Waals surface area contributed by atoms with Crippen molar-refractivity contribution in [2.75, 3.05) is 37.6 Å². The number of rotatable bonds is 4. The number of thiazole rings is 1. The first-order chi connectivity index (χ1) is 15.3. The molecule has 1 atom stereocenters. The first-order valence-electron chi connectivity index (χ1n) is 10.8. The van der Waals surface area contributed by atoms with Crippen molar-refractivity contribution < 1.29 is 13.2 Å². The highest BCUT2D eigenvalue weighted by Gasteiger charge is 2.42. The Labute approximate surface area is 196 Å². The van der Waals surface area contributed by atoms with Gasteiger partial charge in [-0.2, -0.15) is 4.31 Å². The van der Waals surface area contributed by atoms with E-state index in [1.807, 2.05) is 4.90 Å². The number of hydrogen-bond donors (Lipinski definition) is 0. The molecule has 2 saturated heterocycles. The second kappa shape index (κ2) is 8.40. The Kier molecular flexibility index (Phi) is 5.73. The molecule has 32 heavy (non-hydrogen) atoms. The van der Waals surface area contributed by atoms with Crippen molar-refractivity contribution in [2.24, 2.45) is 0 Å². The van der Waals surface area contributed by atoms with Crippen molar-refractivity contribution in [3.8, 4) is 0 Å². The third-order valence-corrected chi connectivity index (χ3v) is 10.8. The number of carbonyl (C=O) groups is 1. The highest BCUT2D eigenvalue weighted by atomic mass is 32.2. The van der Waals surface area contributed by atoms with Crippen LogP contribution in [0.1, 0.15) is 24.0 Å². The normalized spacial score (nSPS) is 20.4. The summed E-state index contributed by atoms with van der Waals surface area (Å²) in [6.07, 6.45) is 1.30. The summed E-state index contributed by atoms with van der Waals surface area (Å²) in [5.41, 5.74) is 3.48. The number of piperazine rings is 1. The van der Waals surface area contributed by atoms with E-state index in [1.54, 1.807) is 28.8 Å². The van der Waals surface area contributed by atoms with Crippen molar-refractivity contribution in [2.45, 2.75) is 36.9 Å². The number of nitrogens with zero attached hydrogens (tertiary/aromatic N) is 4. The van der Waals surface area contributed by atoms with Gasteiger partial charge >= 0.3 is 0 Å². The molecule has 0 spiro atoms. The van der Waals surface area contributed by atoms with E-state index in [4.69, 9.17) is 4.98 Å². The van der Waals surface area contributed by atoms with Crippen LogP contribution in [0.25, 0.3) is 10.2 Å². The average molecular weight is 491 g/mol. The van der Waals surface area contributed by atoms with Gasteiger partial charge in [-0.3, -0.25) is 4.79 Å². The Morgan fingerprint density at radius 1 is 1.12 bits per heavy atom. The van der Waals surface area contributed by atoms with Crippen LogP contribution in [0.4, 0.5) is 5.13 Å². The third kappa shape index (κ3) is 3.83. The number of hydrogen-bond acceptors (Lipinski definition) is 7. The number of anilines is 1. The number of amides is 1. The molecule has 5 rings (SSSR count). The summed E-state index contributed by atoms with van der Waals surface area (Å²) >= 11 is 2.90. The van der Waals surface area contributed by atoms with Gasteiger partial charge in [0.25, 0.3) is 10.0 Å². The van der Waals surface area contributed by atoms with Crippen molar-refractivity contribution in [1.82, 2.24) is 14.2 Å². The Morgan fingerprint density at radius 2 is 1.91 bits per heavy atom. The fourth-order valence-electron chi connectivity index (χ4n) is 4.63. The van der Waals surface area contributed by atoms with E-state index in [0.29, 0.717) is 49.8 Å². The minimum atomic E-state index is -3.62. The van der Waals surface area contributed by atoms with Crippen LogP contribution in [-0.4, -0.2) is 67.3 Å². The molecule has 170 valence electrons. The molecule has 0 unspecified atom stereocenters. The Hall–Kier alpha value is -2.01. The molecular formula is C22H26N4O3S3. The summed E-state index contributed by atoms with van der Waals surface area (Å²) in [4.78, 5) is 22.2. The van der Waals surface area contributed by atoms with Crippen LogP contribution in [0.15, 0.2) is 33.9 Å². The second-order valence-corrected chi connectivity index (χ2v) is 12.5. The van der Waals surface area contributed by atoms with Gasteiger partial charge in [0.1, 0.15) is 10.3 Å². The summed E-state index contributed by atoms with van der Waals surface area (Å²) in [7, 11) is -3.62. The summed E-state index contributed by atoms with van der Waals surface area (Å²) in [6, 6.07) is 7.04. The van der Waals surface area contributed by atoms with E-state index in [-0.39, 0.29) is 5.91 Å². The number of benzene rings is 1. The van der Waals surface area contributed by atoms with Crippen LogP contribution >= 0.6 is 22.7 Å². The molecule has 2 fully saturated rings. The molecule has 0 bridgehead atoms. The summed E-state index contributed by atoms with van der Waals surface area (Å²) in [5, 5.41) is 2.74. The zero-order chi connectivity index (χ0) is 22.5. The Balaban J connectivity index is 1.28. The molecule has 4 heterocycles. The number of sulfonamides is 1. The molecular weight excluding hydrogens is 464 g/mol. The van der Waals surface area contributed by atoms with Crippen LogP contribution in [0.5, 0.6) is 0 Å². The SMILES string of the molecule is Cc1cc(C)c2sc(N3CCN(C(=O)[C@@H]4CCCN4S(=O)(=O)c4cccs4)CC3)nc2c1. The highest BCUT2D eigenvalue weighted by molar-refractivity contribution is 7.91. The van der Waals surface area contributed by atoms with Gasteiger partial charge in [0.2, 0.25) is 5.91 Å². The highest BCUT2D eigenvalue weighted by Crippen LogP contribution is 2.33. The molecule has 2 aromatic heterocycles. The second-order valence-electron chi connectivity index (χ2n) is 8.44. The van der Waals surface area contributed by atoms with Crippen molar-refractivity contribution >= 4 is 54.0 Å². The molecule has 0 N–H and O–H groups in total. The summed E-state index contributed by atoms with van der Waals surface area (Å²) in [6.45, 7) is 7.17. The lowest BCUT2D eigenvalue weighted by Crippen LogP contribution is -2.54. The minimum Gasteiger partial charge on any atom is -0.345 e. The van der Waals surface area contributed by atoms with Gasteiger partial charge in [0.05, 0.1) is 10.2 Å².